The number of anilines is 1. The molecule has 0 fully saturated rings. The third-order valence-corrected chi connectivity index (χ3v) is 7.18. The summed E-state index contributed by atoms with van der Waals surface area (Å²) in [5, 5.41) is 7.92. The van der Waals surface area contributed by atoms with Crippen LogP contribution < -0.4 is 10.6 Å². The number of thiophene rings is 1. The van der Waals surface area contributed by atoms with Crippen LogP contribution in [0, 0.1) is 0 Å². The molecule has 2 aromatic rings. The van der Waals surface area contributed by atoms with Crippen LogP contribution in [0.5, 0.6) is 0 Å². The van der Waals surface area contributed by atoms with E-state index < -0.39 is 0 Å². The lowest BCUT2D eigenvalue weighted by Crippen LogP contribution is -2.31. The standard InChI is InChI=1S/C23H30N2O2S2/c1-5-14(2)16-10-12-17(13-11-16)15(3)24-23(28)25-21-20(22(26)27-4)18-8-6-7-9-19(18)29-21/h10-15H,5-9H2,1-4H3,(H2,24,25,28). The van der Waals surface area contributed by atoms with E-state index in [1.807, 2.05) is 0 Å². The number of thiocarbonyl (C=S) groups is 1. The van der Waals surface area contributed by atoms with Gasteiger partial charge in [-0.05, 0) is 73.9 Å². The zero-order valence-electron chi connectivity index (χ0n) is 17.6. The van der Waals surface area contributed by atoms with Gasteiger partial charge in [-0.3, -0.25) is 0 Å². The maximum absolute atomic E-state index is 12.4. The van der Waals surface area contributed by atoms with Gasteiger partial charge in [-0.25, -0.2) is 4.79 Å². The maximum Gasteiger partial charge on any atom is 0.341 e. The first-order chi connectivity index (χ1) is 13.9. The Hall–Kier alpha value is -1.92. The largest absolute Gasteiger partial charge is 0.465 e. The van der Waals surface area contributed by atoms with Crippen molar-refractivity contribution in [2.45, 2.75) is 64.8 Å². The topological polar surface area (TPSA) is 50.4 Å². The zero-order chi connectivity index (χ0) is 21.0. The second-order valence-electron chi connectivity index (χ2n) is 7.70. The highest BCUT2D eigenvalue weighted by Gasteiger charge is 2.26. The van der Waals surface area contributed by atoms with E-state index >= 15 is 0 Å². The van der Waals surface area contributed by atoms with Crippen molar-refractivity contribution in [3.63, 3.8) is 0 Å². The Morgan fingerprint density at radius 1 is 1.17 bits per heavy atom. The van der Waals surface area contributed by atoms with Crippen molar-refractivity contribution in [3.05, 3.63) is 51.4 Å². The smallest absolute Gasteiger partial charge is 0.341 e. The Labute approximate surface area is 183 Å². The van der Waals surface area contributed by atoms with E-state index in [-0.39, 0.29) is 12.0 Å². The minimum atomic E-state index is -0.289. The Bertz CT molecular complexity index is 874. The van der Waals surface area contributed by atoms with Gasteiger partial charge in [-0.1, -0.05) is 38.1 Å². The fourth-order valence-electron chi connectivity index (χ4n) is 3.74. The van der Waals surface area contributed by atoms with E-state index in [1.165, 1.54) is 29.5 Å². The third-order valence-electron chi connectivity index (χ3n) is 5.75. The number of nitrogens with one attached hydrogen (secondary N) is 2. The van der Waals surface area contributed by atoms with Gasteiger partial charge in [0.15, 0.2) is 5.11 Å². The van der Waals surface area contributed by atoms with E-state index in [1.54, 1.807) is 11.3 Å². The van der Waals surface area contributed by atoms with Crippen LogP contribution in [0.25, 0.3) is 0 Å². The van der Waals surface area contributed by atoms with Gasteiger partial charge in [0.05, 0.1) is 18.7 Å². The van der Waals surface area contributed by atoms with Crippen molar-refractivity contribution in [2.75, 3.05) is 12.4 Å². The molecule has 0 spiro atoms. The van der Waals surface area contributed by atoms with Crippen molar-refractivity contribution < 1.29 is 9.53 Å². The molecule has 1 aliphatic rings. The van der Waals surface area contributed by atoms with E-state index in [2.05, 4.69) is 55.7 Å². The van der Waals surface area contributed by atoms with Crippen molar-refractivity contribution in [1.82, 2.24) is 5.32 Å². The second-order valence-corrected chi connectivity index (χ2v) is 9.22. The number of ether oxygens (including phenoxy) is 1. The van der Waals surface area contributed by atoms with Crippen LogP contribution in [0.2, 0.25) is 0 Å². The molecule has 1 aromatic heterocycles. The van der Waals surface area contributed by atoms with Crippen LogP contribution in [-0.4, -0.2) is 18.2 Å². The highest BCUT2D eigenvalue weighted by molar-refractivity contribution is 7.80. The van der Waals surface area contributed by atoms with Crippen LogP contribution >= 0.6 is 23.6 Å². The van der Waals surface area contributed by atoms with Crippen LogP contribution in [0.3, 0.4) is 0 Å². The normalized spacial score (nSPS) is 15.2. The summed E-state index contributed by atoms with van der Waals surface area (Å²) in [6, 6.07) is 8.77. The molecule has 0 bridgehead atoms. The van der Waals surface area contributed by atoms with Gasteiger partial charge in [0.1, 0.15) is 5.00 Å². The summed E-state index contributed by atoms with van der Waals surface area (Å²) in [6.07, 6.45) is 5.36. The van der Waals surface area contributed by atoms with Gasteiger partial charge in [-0.2, -0.15) is 0 Å². The van der Waals surface area contributed by atoms with Crippen LogP contribution in [0.1, 0.15) is 83.9 Å². The predicted molar refractivity (Wildman–Crippen MR) is 125 cm³/mol. The summed E-state index contributed by atoms with van der Waals surface area (Å²) in [5.41, 5.74) is 4.32. The number of aryl methyl sites for hydroxylation is 1. The monoisotopic (exact) mass is 430 g/mol. The average molecular weight is 431 g/mol. The molecule has 0 amide bonds. The molecule has 0 aliphatic heterocycles. The average Bonchev–Trinajstić information content (AvgIpc) is 3.10. The molecular formula is C23H30N2O2S2. The van der Waals surface area contributed by atoms with Crippen LogP contribution in [0.15, 0.2) is 24.3 Å². The molecule has 3 rings (SSSR count). The minimum Gasteiger partial charge on any atom is -0.465 e. The lowest BCUT2D eigenvalue weighted by atomic mass is 9.95. The number of carbonyl (C=O) groups excluding carboxylic acids is 1. The summed E-state index contributed by atoms with van der Waals surface area (Å²) >= 11 is 7.18. The summed E-state index contributed by atoms with van der Waals surface area (Å²) in [7, 11) is 1.43. The molecule has 29 heavy (non-hydrogen) atoms. The SMILES string of the molecule is CCC(C)c1ccc(C(C)NC(=S)Nc2sc3c(c2C(=O)OC)CCCC3)cc1. The Morgan fingerprint density at radius 2 is 1.83 bits per heavy atom. The Morgan fingerprint density at radius 3 is 2.48 bits per heavy atom. The number of benzene rings is 1. The van der Waals surface area contributed by atoms with E-state index in [4.69, 9.17) is 17.0 Å². The molecule has 2 unspecified atom stereocenters. The molecule has 1 aromatic carbocycles. The number of fused-ring (bicyclic) bond motifs is 1. The molecule has 1 heterocycles. The number of methoxy groups -OCH3 is 1. The molecule has 2 N–H and O–H groups in total. The summed E-state index contributed by atoms with van der Waals surface area (Å²) in [4.78, 5) is 13.7. The summed E-state index contributed by atoms with van der Waals surface area (Å²) in [5.74, 6) is 0.278. The lowest BCUT2D eigenvalue weighted by molar-refractivity contribution is 0.0601. The van der Waals surface area contributed by atoms with Crippen molar-refractivity contribution >= 4 is 39.6 Å². The van der Waals surface area contributed by atoms with Gasteiger partial charge in [0.2, 0.25) is 0 Å². The highest BCUT2D eigenvalue weighted by Crippen LogP contribution is 2.38. The van der Waals surface area contributed by atoms with Crippen LogP contribution in [-0.2, 0) is 17.6 Å². The first-order valence-electron chi connectivity index (χ1n) is 10.3. The molecular weight excluding hydrogens is 400 g/mol. The number of hydrogen-bond acceptors (Lipinski definition) is 4. The first-order valence-corrected chi connectivity index (χ1v) is 11.6. The molecule has 6 heteroatoms. The molecule has 1 aliphatic carbocycles. The molecule has 0 saturated carbocycles. The predicted octanol–water partition coefficient (Wildman–Crippen LogP) is 5.97. The van der Waals surface area contributed by atoms with Gasteiger partial charge in [0.25, 0.3) is 0 Å². The van der Waals surface area contributed by atoms with Gasteiger partial charge in [0, 0.05) is 4.88 Å². The molecule has 156 valence electrons. The van der Waals surface area contributed by atoms with Crippen molar-refractivity contribution in [1.29, 1.82) is 0 Å². The number of hydrogen-bond donors (Lipinski definition) is 2. The summed E-state index contributed by atoms with van der Waals surface area (Å²) in [6.45, 7) is 6.54. The zero-order valence-corrected chi connectivity index (χ0v) is 19.3. The van der Waals surface area contributed by atoms with E-state index in [0.29, 0.717) is 16.6 Å². The quantitative estimate of drug-likeness (QED) is 0.436. The number of esters is 1. The van der Waals surface area contributed by atoms with E-state index in [9.17, 15) is 4.79 Å². The minimum absolute atomic E-state index is 0.0668. The van der Waals surface area contributed by atoms with E-state index in [0.717, 1.165) is 36.2 Å². The number of carbonyl (C=O) groups is 1. The molecule has 0 saturated heterocycles. The lowest BCUT2D eigenvalue weighted by Gasteiger charge is -2.18. The fraction of sp³-hybridized carbons (Fsp3) is 0.478. The highest BCUT2D eigenvalue weighted by atomic mass is 32.1. The first kappa shape index (κ1) is 21.8. The third kappa shape index (κ3) is 4.98. The Kier molecular flexibility index (Phi) is 7.30. The summed E-state index contributed by atoms with van der Waals surface area (Å²) < 4.78 is 5.04. The molecule has 0 radical (unpaired) electrons. The molecule has 2 atom stereocenters. The van der Waals surface area contributed by atoms with Gasteiger partial charge in [-0.15, -0.1) is 11.3 Å². The maximum atomic E-state index is 12.4. The van der Waals surface area contributed by atoms with Gasteiger partial charge < -0.3 is 15.4 Å². The fourth-order valence-corrected chi connectivity index (χ4v) is 5.37. The molecule has 4 nitrogen and oxygen atoms in total. The van der Waals surface area contributed by atoms with Crippen molar-refractivity contribution in [3.8, 4) is 0 Å². The second kappa shape index (κ2) is 9.72. The van der Waals surface area contributed by atoms with Gasteiger partial charge >= 0.3 is 5.97 Å². The van der Waals surface area contributed by atoms with Crippen LogP contribution in [0.4, 0.5) is 5.00 Å². The number of rotatable bonds is 6. The van der Waals surface area contributed by atoms with Crippen molar-refractivity contribution in [2.24, 2.45) is 0 Å². The Balaban J connectivity index is 1.70.